The minimum absolute atomic E-state index is 1.23. The van der Waals surface area contributed by atoms with Crippen molar-refractivity contribution in [1.29, 1.82) is 0 Å². The first-order chi connectivity index (χ1) is 10.7. The van der Waals surface area contributed by atoms with Gasteiger partial charge in [-0.1, -0.05) is 61.6 Å². The molecule has 22 heavy (non-hydrogen) atoms. The predicted octanol–water partition coefficient (Wildman–Crippen LogP) is 4.12. The van der Waals surface area contributed by atoms with E-state index in [4.69, 9.17) is 0 Å². The molecule has 2 heterocycles. The van der Waals surface area contributed by atoms with Gasteiger partial charge >= 0.3 is 0 Å². The van der Waals surface area contributed by atoms with Gasteiger partial charge in [0.1, 0.15) is 8.07 Å². The van der Waals surface area contributed by atoms with E-state index in [1.807, 2.05) is 0 Å². The fourth-order valence-electron chi connectivity index (χ4n) is 4.05. The fourth-order valence-corrected chi connectivity index (χ4v) is 7.13. The molecule has 3 aromatic carbocycles. The summed E-state index contributed by atoms with van der Waals surface area (Å²) in [5.41, 5.74) is 5.36. The molecule has 4 aromatic rings. The number of aromatic amines is 1. The van der Waals surface area contributed by atoms with Crippen LogP contribution in [0.1, 0.15) is 0 Å². The molecule has 1 N–H and O–H groups in total. The molecule has 0 radical (unpaired) electrons. The Kier molecular flexibility index (Phi) is 2.17. The Bertz CT molecular complexity index is 1060. The lowest BCUT2D eigenvalue weighted by Gasteiger charge is -2.18. The summed E-state index contributed by atoms with van der Waals surface area (Å²) in [7, 11) is -1.57. The lowest BCUT2D eigenvalue weighted by Crippen LogP contribution is -2.49. The quantitative estimate of drug-likeness (QED) is 0.470. The Morgan fingerprint density at radius 3 is 2.36 bits per heavy atom. The van der Waals surface area contributed by atoms with Crippen LogP contribution >= 0.6 is 0 Å². The summed E-state index contributed by atoms with van der Waals surface area (Å²) in [4.78, 5) is 3.58. The van der Waals surface area contributed by atoms with Crippen molar-refractivity contribution in [2.75, 3.05) is 0 Å². The van der Waals surface area contributed by atoms with Gasteiger partial charge in [0.15, 0.2) is 0 Å². The molecule has 0 fully saturated rings. The number of aromatic nitrogens is 1. The number of nitrogens with one attached hydrogen (secondary N) is 1. The molecule has 0 aliphatic carbocycles. The molecule has 5 rings (SSSR count). The highest BCUT2D eigenvalue weighted by molar-refractivity contribution is 7.04. The van der Waals surface area contributed by atoms with Crippen molar-refractivity contribution in [3.05, 3.63) is 60.7 Å². The van der Waals surface area contributed by atoms with Gasteiger partial charge in [-0.15, -0.1) is 0 Å². The van der Waals surface area contributed by atoms with E-state index in [-0.39, 0.29) is 0 Å². The van der Waals surface area contributed by atoms with Crippen LogP contribution in [0.3, 0.4) is 0 Å². The summed E-state index contributed by atoms with van der Waals surface area (Å²) in [6, 6.07) is 22.4. The van der Waals surface area contributed by atoms with Gasteiger partial charge in [0.05, 0.1) is 0 Å². The first kappa shape index (κ1) is 12.2. The average molecular weight is 299 g/mol. The molecule has 0 spiro atoms. The van der Waals surface area contributed by atoms with Crippen LogP contribution < -0.4 is 10.4 Å². The Labute approximate surface area is 130 Å². The van der Waals surface area contributed by atoms with E-state index in [0.29, 0.717) is 0 Å². The van der Waals surface area contributed by atoms with Crippen molar-refractivity contribution in [3.8, 4) is 11.1 Å². The molecular formula is C20H17NSi. The van der Waals surface area contributed by atoms with Crippen molar-refractivity contribution < 1.29 is 0 Å². The van der Waals surface area contributed by atoms with Gasteiger partial charge in [0.2, 0.25) is 0 Å². The smallest absolute Gasteiger partial charge is 0.113 e. The topological polar surface area (TPSA) is 15.8 Å². The predicted molar refractivity (Wildman–Crippen MR) is 98.0 cm³/mol. The van der Waals surface area contributed by atoms with Crippen LogP contribution in [0.25, 0.3) is 32.9 Å². The lowest BCUT2D eigenvalue weighted by molar-refractivity contribution is 1.55. The van der Waals surface area contributed by atoms with E-state index in [0.717, 1.165) is 0 Å². The van der Waals surface area contributed by atoms with Gasteiger partial charge in [0, 0.05) is 21.8 Å². The highest BCUT2D eigenvalue weighted by atomic mass is 28.3. The normalized spacial score (nSPS) is 15.2. The minimum Gasteiger partial charge on any atom is -0.354 e. The SMILES string of the molecule is C[Si]1(C)c2ccccc2-c2cc3[nH]c4ccccc4c3cc21. The second kappa shape index (κ2) is 3.90. The summed E-state index contributed by atoms with van der Waals surface area (Å²) in [6.45, 7) is 4.94. The molecule has 1 aliphatic heterocycles. The van der Waals surface area contributed by atoms with Crippen LogP contribution in [-0.2, 0) is 0 Å². The number of fused-ring (bicyclic) bond motifs is 6. The molecular weight excluding hydrogens is 282 g/mol. The molecule has 1 aliphatic rings. The van der Waals surface area contributed by atoms with Gasteiger partial charge in [-0.05, 0) is 33.6 Å². The third-order valence-corrected chi connectivity index (χ3v) is 8.75. The van der Waals surface area contributed by atoms with Crippen LogP contribution in [0.4, 0.5) is 0 Å². The number of hydrogen-bond donors (Lipinski definition) is 1. The molecule has 0 saturated carbocycles. The first-order valence-corrected chi connectivity index (χ1v) is 10.8. The van der Waals surface area contributed by atoms with E-state index in [2.05, 4.69) is 78.7 Å². The number of hydrogen-bond acceptors (Lipinski definition) is 0. The Hall–Kier alpha value is -2.32. The van der Waals surface area contributed by atoms with Crippen molar-refractivity contribution in [3.63, 3.8) is 0 Å². The molecule has 0 unspecified atom stereocenters. The molecule has 2 heteroatoms. The number of benzene rings is 3. The third-order valence-electron chi connectivity index (χ3n) is 5.21. The van der Waals surface area contributed by atoms with Gasteiger partial charge < -0.3 is 4.98 Å². The maximum absolute atomic E-state index is 3.58. The highest BCUT2D eigenvalue weighted by Crippen LogP contribution is 2.33. The largest absolute Gasteiger partial charge is 0.354 e. The summed E-state index contributed by atoms with van der Waals surface area (Å²) in [6.07, 6.45) is 0. The first-order valence-electron chi connectivity index (χ1n) is 7.81. The second-order valence-electron chi connectivity index (χ2n) is 6.78. The van der Waals surface area contributed by atoms with Crippen molar-refractivity contribution >= 4 is 40.3 Å². The van der Waals surface area contributed by atoms with Crippen LogP contribution in [0, 0.1) is 0 Å². The summed E-state index contributed by atoms with van der Waals surface area (Å²) < 4.78 is 0. The summed E-state index contributed by atoms with van der Waals surface area (Å²) in [5.74, 6) is 0. The van der Waals surface area contributed by atoms with Crippen LogP contribution in [-0.4, -0.2) is 13.1 Å². The molecule has 106 valence electrons. The van der Waals surface area contributed by atoms with Gasteiger partial charge in [-0.25, -0.2) is 0 Å². The van der Waals surface area contributed by atoms with Crippen LogP contribution in [0.2, 0.25) is 13.1 Å². The van der Waals surface area contributed by atoms with E-state index in [9.17, 15) is 0 Å². The van der Waals surface area contributed by atoms with E-state index >= 15 is 0 Å². The van der Waals surface area contributed by atoms with Gasteiger partial charge in [-0.2, -0.15) is 0 Å². The van der Waals surface area contributed by atoms with Gasteiger partial charge in [0.25, 0.3) is 0 Å². The molecule has 0 bridgehead atoms. The number of para-hydroxylation sites is 1. The second-order valence-corrected chi connectivity index (χ2v) is 11.1. The fraction of sp³-hybridized carbons (Fsp3) is 0.100. The molecule has 0 atom stereocenters. The average Bonchev–Trinajstić information content (AvgIpc) is 3.00. The Morgan fingerprint density at radius 2 is 1.45 bits per heavy atom. The molecule has 0 amide bonds. The zero-order valence-corrected chi connectivity index (χ0v) is 13.8. The van der Waals surface area contributed by atoms with E-state index < -0.39 is 8.07 Å². The summed E-state index contributed by atoms with van der Waals surface area (Å²) >= 11 is 0. The van der Waals surface area contributed by atoms with Crippen molar-refractivity contribution in [2.45, 2.75) is 13.1 Å². The Morgan fingerprint density at radius 1 is 0.682 bits per heavy atom. The van der Waals surface area contributed by atoms with E-state index in [1.54, 1.807) is 10.4 Å². The van der Waals surface area contributed by atoms with Crippen LogP contribution in [0.15, 0.2) is 60.7 Å². The zero-order chi connectivity index (χ0) is 14.9. The molecule has 1 nitrogen and oxygen atoms in total. The summed E-state index contributed by atoms with van der Waals surface area (Å²) in [5, 5.41) is 5.84. The van der Waals surface area contributed by atoms with Gasteiger partial charge in [-0.3, -0.25) is 0 Å². The third kappa shape index (κ3) is 1.38. The monoisotopic (exact) mass is 299 g/mol. The van der Waals surface area contributed by atoms with E-state index in [1.165, 1.54) is 32.9 Å². The minimum atomic E-state index is -1.57. The van der Waals surface area contributed by atoms with Crippen molar-refractivity contribution in [2.24, 2.45) is 0 Å². The maximum Gasteiger partial charge on any atom is 0.113 e. The zero-order valence-electron chi connectivity index (χ0n) is 12.8. The standard InChI is InChI=1S/C20H17NSi/c1-22(2)19-10-6-4-8-14(19)16-11-18-15(12-20(16)22)13-7-3-5-9-17(13)21-18/h3-12,21H,1-2H3. The highest BCUT2D eigenvalue weighted by Gasteiger charge is 2.37. The van der Waals surface area contributed by atoms with Crippen LogP contribution in [0.5, 0.6) is 0 Å². The number of H-pyrrole nitrogens is 1. The number of rotatable bonds is 0. The Balaban J connectivity index is 1.95. The maximum atomic E-state index is 3.58. The lowest BCUT2D eigenvalue weighted by atomic mass is 10.0. The molecule has 1 aromatic heterocycles. The molecule has 0 saturated heterocycles. The van der Waals surface area contributed by atoms with Crippen molar-refractivity contribution in [1.82, 2.24) is 4.98 Å².